The van der Waals surface area contributed by atoms with Gasteiger partial charge in [-0.05, 0) is 106 Å². The molecule has 0 aliphatic heterocycles. The van der Waals surface area contributed by atoms with Crippen LogP contribution in [0, 0.1) is 5.82 Å². The summed E-state index contributed by atoms with van der Waals surface area (Å²) in [6, 6.07) is 44.0. The molecule has 0 unspecified atom stereocenters. The van der Waals surface area contributed by atoms with Gasteiger partial charge in [-0.25, -0.2) is 8.78 Å². The van der Waals surface area contributed by atoms with Crippen molar-refractivity contribution in [3.63, 3.8) is 0 Å². The number of benzene rings is 8. The van der Waals surface area contributed by atoms with Crippen LogP contribution >= 0.6 is 0 Å². The third kappa shape index (κ3) is 6.26. The van der Waals surface area contributed by atoms with Crippen LogP contribution < -0.4 is 15.0 Å². The van der Waals surface area contributed by atoms with Crippen molar-refractivity contribution < 1.29 is 17.6 Å². The Morgan fingerprint density at radius 1 is 0.581 bits per heavy atom. The normalized spacial score (nSPS) is 12.2. The van der Waals surface area contributed by atoms with Crippen LogP contribution in [0.1, 0.15) is 30.5 Å². The standard InChI is InChI=1S/C56H42F2N2O2/c1-6-36-25-31-47-48(60(42-29-27-41(58)28-30-42)50-20-12-18-46-44-16-10-14-38(8-3)54(44)62-56(46)50)32-26-39-23-24-40(51(36)52(39)47)33-59(35(5)22-21-34(4)57)49-19-11-17-45-43-15-9-13-37(7-2)53(43)61-55(45)49/h6,9-33H,1,4-5,7-8H2,2-3H3/b22-21-,40-33+. The molecule has 0 N–H and O–H groups in total. The number of anilines is 4. The van der Waals surface area contributed by atoms with Gasteiger partial charge in [0.05, 0.1) is 17.1 Å². The summed E-state index contributed by atoms with van der Waals surface area (Å²) in [6.07, 6.45) is 8.48. The van der Waals surface area contributed by atoms with E-state index in [9.17, 15) is 8.78 Å². The van der Waals surface area contributed by atoms with E-state index in [1.54, 1.807) is 18.2 Å². The molecule has 0 fully saturated rings. The molecule has 0 spiro atoms. The van der Waals surface area contributed by atoms with E-state index in [2.05, 4.69) is 129 Å². The largest absolute Gasteiger partial charge is 0.454 e. The molecule has 10 aromatic rings. The summed E-state index contributed by atoms with van der Waals surface area (Å²) in [4.78, 5) is 4.11. The zero-order chi connectivity index (χ0) is 42.6. The topological polar surface area (TPSA) is 32.8 Å². The van der Waals surface area contributed by atoms with Gasteiger partial charge in [0.15, 0.2) is 11.2 Å². The highest BCUT2D eigenvalue weighted by atomic mass is 19.1. The van der Waals surface area contributed by atoms with Crippen molar-refractivity contribution in [3.8, 4) is 0 Å². The summed E-state index contributed by atoms with van der Waals surface area (Å²) in [5.41, 5.74) is 10.1. The molecule has 0 radical (unpaired) electrons. The van der Waals surface area contributed by atoms with E-state index in [4.69, 9.17) is 8.83 Å². The first kappa shape index (κ1) is 38.5. The molecule has 0 saturated carbocycles. The number of allylic oxidation sites excluding steroid dienone is 3. The molecular weight excluding hydrogens is 771 g/mol. The number of nitrogens with zero attached hydrogens (tertiary/aromatic N) is 2. The van der Waals surface area contributed by atoms with Gasteiger partial charge in [0.1, 0.15) is 22.8 Å². The zero-order valence-electron chi connectivity index (χ0n) is 34.5. The highest BCUT2D eigenvalue weighted by molar-refractivity contribution is 6.19. The summed E-state index contributed by atoms with van der Waals surface area (Å²) in [5, 5.41) is 8.90. The summed E-state index contributed by atoms with van der Waals surface area (Å²) < 4.78 is 42.3. The zero-order valence-corrected chi connectivity index (χ0v) is 34.5. The maximum Gasteiger partial charge on any atom is 0.159 e. The van der Waals surface area contributed by atoms with E-state index in [1.165, 1.54) is 18.2 Å². The van der Waals surface area contributed by atoms with Crippen molar-refractivity contribution >= 4 is 100 Å². The smallest absolute Gasteiger partial charge is 0.159 e. The molecule has 62 heavy (non-hydrogen) atoms. The second-order valence-electron chi connectivity index (χ2n) is 15.5. The number of rotatable bonds is 11. The van der Waals surface area contributed by atoms with Gasteiger partial charge in [-0.1, -0.05) is 131 Å². The molecule has 0 aliphatic rings. The fourth-order valence-electron chi connectivity index (χ4n) is 9.02. The van der Waals surface area contributed by atoms with Gasteiger partial charge >= 0.3 is 0 Å². The SMILES string of the molecule is C=Cc1ccc2c(N(c3ccc(F)cc3)c3cccc4c3oc3c(CC)cccc34)ccc3cc/c(=C\N(C(=C)/C=C\C(=C)F)c4cccc5c4oc4c(CC)cccc45)c1c32. The van der Waals surface area contributed by atoms with Crippen molar-refractivity contribution in [3.05, 3.63) is 205 Å². The number of hydrogen-bond donors (Lipinski definition) is 0. The lowest BCUT2D eigenvalue weighted by Crippen LogP contribution is -2.19. The average Bonchev–Trinajstić information content (AvgIpc) is 3.89. The van der Waals surface area contributed by atoms with Crippen molar-refractivity contribution in [2.24, 2.45) is 0 Å². The van der Waals surface area contributed by atoms with E-state index >= 15 is 0 Å². The Bertz CT molecular complexity index is 3540. The molecular formula is C56H42F2N2O2. The van der Waals surface area contributed by atoms with Crippen LogP contribution in [0.3, 0.4) is 0 Å². The highest BCUT2D eigenvalue weighted by Gasteiger charge is 2.24. The summed E-state index contributed by atoms with van der Waals surface area (Å²) >= 11 is 0. The Morgan fingerprint density at radius 3 is 1.77 bits per heavy atom. The Hall–Kier alpha value is -7.70. The monoisotopic (exact) mass is 812 g/mol. The number of para-hydroxylation sites is 4. The fourth-order valence-corrected chi connectivity index (χ4v) is 9.02. The van der Waals surface area contributed by atoms with Crippen LogP contribution in [0.5, 0.6) is 0 Å². The Morgan fingerprint density at radius 2 is 1.16 bits per heavy atom. The second kappa shape index (κ2) is 15.4. The first-order valence-corrected chi connectivity index (χ1v) is 20.8. The maximum atomic E-state index is 14.6. The number of furan rings is 2. The lowest BCUT2D eigenvalue weighted by molar-refractivity contribution is 0.628. The summed E-state index contributed by atoms with van der Waals surface area (Å²) in [6.45, 7) is 16.4. The van der Waals surface area contributed by atoms with E-state index in [0.717, 1.165) is 117 Å². The average molecular weight is 813 g/mol. The van der Waals surface area contributed by atoms with Crippen molar-refractivity contribution in [2.45, 2.75) is 26.7 Å². The van der Waals surface area contributed by atoms with Crippen LogP contribution in [0.2, 0.25) is 0 Å². The van der Waals surface area contributed by atoms with Crippen molar-refractivity contribution in [2.75, 3.05) is 9.80 Å². The van der Waals surface area contributed by atoms with E-state index in [0.29, 0.717) is 11.3 Å². The number of fused-ring (bicyclic) bond motifs is 6. The van der Waals surface area contributed by atoms with Crippen LogP contribution in [0.15, 0.2) is 186 Å². The minimum Gasteiger partial charge on any atom is -0.454 e. The first-order chi connectivity index (χ1) is 30.3. The Labute approximate surface area is 357 Å². The van der Waals surface area contributed by atoms with Crippen LogP contribution in [0.25, 0.3) is 77.7 Å². The van der Waals surface area contributed by atoms with Crippen LogP contribution in [0.4, 0.5) is 31.5 Å². The van der Waals surface area contributed by atoms with Crippen LogP contribution in [-0.2, 0) is 12.8 Å². The summed E-state index contributed by atoms with van der Waals surface area (Å²) in [7, 11) is 0. The molecule has 0 bridgehead atoms. The third-order valence-electron chi connectivity index (χ3n) is 12.0. The Balaban J connectivity index is 1.25. The van der Waals surface area contributed by atoms with Gasteiger partial charge in [0, 0.05) is 44.5 Å². The van der Waals surface area contributed by atoms with Crippen molar-refractivity contribution in [1.82, 2.24) is 0 Å². The number of aryl methyl sites for hydroxylation is 2. The minimum absolute atomic E-state index is 0.323. The molecule has 302 valence electrons. The second-order valence-corrected chi connectivity index (χ2v) is 15.5. The maximum absolute atomic E-state index is 14.6. The molecule has 2 heterocycles. The van der Waals surface area contributed by atoms with Gasteiger partial charge in [-0.15, -0.1) is 0 Å². The van der Waals surface area contributed by atoms with Gasteiger partial charge in [-0.3, -0.25) is 0 Å². The van der Waals surface area contributed by atoms with E-state index < -0.39 is 5.83 Å². The fraction of sp³-hybridized carbons (Fsp3) is 0.0714. The molecule has 8 aromatic carbocycles. The Kier molecular flexibility index (Phi) is 9.56. The lowest BCUT2D eigenvalue weighted by Gasteiger charge is -2.28. The molecule has 6 heteroatoms. The van der Waals surface area contributed by atoms with Gasteiger partial charge < -0.3 is 18.6 Å². The van der Waals surface area contributed by atoms with Crippen LogP contribution in [-0.4, -0.2) is 0 Å². The predicted molar refractivity (Wildman–Crippen MR) is 257 cm³/mol. The summed E-state index contributed by atoms with van der Waals surface area (Å²) in [5.74, 6) is -0.905. The molecule has 0 amide bonds. The predicted octanol–water partition coefficient (Wildman–Crippen LogP) is 15.7. The molecule has 0 saturated heterocycles. The number of halogens is 2. The highest BCUT2D eigenvalue weighted by Crippen LogP contribution is 2.46. The van der Waals surface area contributed by atoms with Crippen molar-refractivity contribution in [1.29, 1.82) is 0 Å². The van der Waals surface area contributed by atoms with Gasteiger partial charge in [0.25, 0.3) is 0 Å². The van der Waals surface area contributed by atoms with Gasteiger partial charge in [-0.2, -0.15) is 0 Å². The number of hydrogen-bond acceptors (Lipinski definition) is 4. The van der Waals surface area contributed by atoms with Gasteiger partial charge in [0.2, 0.25) is 0 Å². The quantitative estimate of drug-likeness (QED) is 0.122. The molecule has 10 rings (SSSR count). The molecule has 4 nitrogen and oxygen atoms in total. The van der Waals surface area contributed by atoms with E-state index in [-0.39, 0.29) is 5.82 Å². The first-order valence-electron chi connectivity index (χ1n) is 20.8. The lowest BCUT2D eigenvalue weighted by atomic mass is 9.93. The molecule has 0 atom stereocenters. The third-order valence-corrected chi connectivity index (χ3v) is 12.0. The molecule has 0 aliphatic carbocycles. The minimum atomic E-state index is -0.583. The van der Waals surface area contributed by atoms with E-state index in [1.807, 2.05) is 35.4 Å². The molecule has 2 aromatic heterocycles.